The van der Waals surface area contributed by atoms with Gasteiger partial charge >= 0.3 is 0 Å². The van der Waals surface area contributed by atoms with Crippen LogP contribution in [0, 0.1) is 5.82 Å². The first-order valence-corrected chi connectivity index (χ1v) is 8.30. The minimum Gasteiger partial charge on any atom is -0.493 e. The fraction of sp³-hybridized carbons (Fsp3) is 0.111. The molecular formula is C18H13FN2O2S. The van der Waals surface area contributed by atoms with Gasteiger partial charge in [-0.25, -0.2) is 9.38 Å². The first-order valence-electron chi connectivity index (χ1n) is 7.49. The van der Waals surface area contributed by atoms with Crippen LogP contribution in [-0.2, 0) is 11.2 Å². The highest BCUT2D eigenvalue weighted by Gasteiger charge is 2.24. The summed E-state index contributed by atoms with van der Waals surface area (Å²) in [4.78, 5) is 16.8. The van der Waals surface area contributed by atoms with Gasteiger partial charge in [-0.3, -0.25) is 4.79 Å². The Morgan fingerprint density at radius 3 is 3.00 bits per heavy atom. The number of para-hydroxylation sites is 1. The lowest BCUT2D eigenvalue weighted by molar-refractivity contribution is -0.115. The standard InChI is InChI=1S/C18H13FN2O2S/c19-13-3-1-2-4-14(13)20-18-21-17(22)16(24-18)10-11-5-6-15-12(9-11)7-8-23-15/h1-6,9-10H,7-8H2,(H,20,21,22)/b16-10-. The Balaban J connectivity index is 1.59. The summed E-state index contributed by atoms with van der Waals surface area (Å²) >= 11 is 1.20. The van der Waals surface area contributed by atoms with Gasteiger partial charge < -0.3 is 10.1 Å². The molecule has 0 radical (unpaired) electrons. The third-order valence-electron chi connectivity index (χ3n) is 3.74. The zero-order valence-electron chi connectivity index (χ0n) is 12.6. The number of amidine groups is 1. The Labute approximate surface area is 142 Å². The van der Waals surface area contributed by atoms with Gasteiger partial charge in [0.15, 0.2) is 5.17 Å². The van der Waals surface area contributed by atoms with Crippen molar-refractivity contribution in [3.8, 4) is 5.75 Å². The normalized spacial score (nSPS) is 19.5. The number of nitrogens with one attached hydrogen (secondary N) is 1. The molecule has 0 aliphatic carbocycles. The molecular weight excluding hydrogens is 327 g/mol. The van der Waals surface area contributed by atoms with Crippen molar-refractivity contribution in [3.05, 3.63) is 64.3 Å². The van der Waals surface area contributed by atoms with Gasteiger partial charge in [0, 0.05) is 6.42 Å². The second-order valence-electron chi connectivity index (χ2n) is 5.40. The lowest BCUT2D eigenvalue weighted by Gasteiger charge is -2.00. The molecule has 0 spiro atoms. The maximum atomic E-state index is 13.7. The van der Waals surface area contributed by atoms with Gasteiger partial charge in [-0.05, 0) is 53.2 Å². The number of thioether (sulfide) groups is 1. The van der Waals surface area contributed by atoms with Crippen LogP contribution < -0.4 is 10.1 Å². The molecule has 2 aliphatic heterocycles. The van der Waals surface area contributed by atoms with Crippen LogP contribution in [0.3, 0.4) is 0 Å². The quantitative estimate of drug-likeness (QED) is 0.849. The summed E-state index contributed by atoms with van der Waals surface area (Å²) in [6.07, 6.45) is 2.69. The topological polar surface area (TPSA) is 50.7 Å². The predicted octanol–water partition coefficient (Wildman–Crippen LogP) is 3.65. The Bertz CT molecular complexity index is 892. The highest BCUT2D eigenvalue weighted by Crippen LogP contribution is 2.31. The molecule has 0 bridgehead atoms. The van der Waals surface area contributed by atoms with Gasteiger partial charge in [0.1, 0.15) is 17.3 Å². The van der Waals surface area contributed by atoms with Crippen LogP contribution in [0.4, 0.5) is 10.1 Å². The van der Waals surface area contributed by atoms with Gasteiger partial charge in [0.25, 0.3) is 5.91 Å². The second kappa shape index (κ2) is 6.13. The molecule has 1 amide bonds. The summed E-state index contributed by atoms with van der Waals surface area (Å²) < 4.78 is 19.1. The van der Waals surface area contributed by atoms with Crippen LogP contribution in [0.25, 0.3) is 6.08 Å². The maximum absolute atomic E-state index is 13.7. The predicted molar refractivity (Wildman–Crippen MR) is 92.8 cm³/mol. The van der Waals surface area contributed by atoms with Crippen LogP contribution in [-0.4, -0.2) is 17.7 Å². The van der Waals surface area contributed by atoms with E-state index in [-0.39, 0.29) is 11.6 Å². The van der Waals surface area contributed by atoms with Crippen molar-refractivity contribution in [2.75, 3.05) is 6.61 Å². The summed E-state index contributed by atoms with van der Waals surface area (Å²) in [6, 6.07) is 12.1. The van der Waals surface area contributed by atoms with E-state index in [1.165, 1.54) is 17.8 Å². The molecule has 0 aromatic heterocycles. The van der Waals surface area contributed by atoms with Crippen LogP contribution in [0.1, 0.15) is 11.1 Å². The summed E-state index contributed by atoms with van der Waals surface area (Å²) in [5.41, 5.74) is 2.29. The Morgan fingerprint density at radius 2 is 2.12 bits per heavy atom. The van der Waals surface area contributed by atoms with Crippen molar-refractivity contribution < 1.29 is 13.9 Å². The Kier molecular flexibility index (Phi) is 3.82. The van der Waals surface area contributed by atoms with E-state index in [1.807, 2.05) is 24.3 Å². The van der Waals surface area contributed by atoms with Crippen LogP contribution in [0.2, 0.25) is 0 Å². The Hall–Kier alpha value is -2.60. The van der Waals surface area contributed by atoms with E-state index in [2.05, 4.69) is 10.3 Å². The van der Waals surface area contributed by atoms with Gasteiger partial charge in [0.05, 0.1) is 11.5 Å². The SMILES string of the molecule is O=C1N/C(=N/c2ccccc2F)S/C1=C\c1ccc2c(c1)CCO2. The van der Waals surface area contributed by atoms with Crippen LogP contribution in [0.15, 0.2) is 52.4 Å². The van der Waals surface area contributed by atoms with Crippen molar-refractivity contribution >= 4 is 34.6 Å². The second-order valence-corrected chi connectivity index (χ2v) is 6.43. The molecule has 0 saturated carbocycles. The van der Waals surface area contributed by atoms with E-state index in [9.17, 15) is 9.18 Å². The number of carbonyl (C=O) groups excluding carboxylic acids is 1. The van der Waals surface area contributed by atoms with Crippen molar-refractivity contribution in [1.29, 1.82) is 0 Å². The van der Waals surface area contributed by atoms with Gasteiger partial charge in [0.2, 0.25) is 0 Å². The zero-order chi connectivity index (χ0) is 16.5. The van der Waals surface area contributed by atoms with Gasteiger partial charge in [-0.2, -0.15) is 0 Å². The largest absolute Gasteiger partial charge is 0.493 e. The molecule has 2 aromatic carbocycles. The first kappa shape index (κ1) is 15.0. The van der Waals surface area contributed by atoms with E-state index < -0.39 is 5.82 Å². The summed E-state index contributed by atoms with van der Waals surface area (Å²) in [5, 5.41) is 3.04. The number of fused-ring (bicyclic) bond motifs is 1. The summed E-state index contributed by atoms with van der Waals surface area (Å²) in [7, 11) is 0. The summed E-state index contributed by atoms with van der Waals surface area (Å²) in [6.45, 7) is 0.698. The van der Waals surface area contributed by atoms with Crippen molar-refractivity contribution in [2.24, 2.45) is 4.99 Å². The van der Waals surface area contributed by atoms with E-state index in [1.54, 1.807) is 18.2 Å². The van der Waals surface area contributed by atoms with E-state index in [0.29, 0.717) is 16.7 Å². The fourth-order valence-electron chi connectivity index (χ4n) is 2.58. The van der Waals surface area contributed by atoms with E-state index in [0.717, 1.165) is 23.3 Å². The van der Waals surface area contributed by atoms with Crippen molar-refractivity contribution in [1.82, 2.24) is 5.32 Å². The number of amides is 1. The number of carbonyl (C=O) groups is 1. The molecule has 2 heterocycles. The van der Waals surface area contributed by atoms with Crippen molar-refractivity contribution in [3.63, 3.8) is 0 Å². The number of aliphatic imine (C=N–C) groups is 1. The third kappa shape index (κ3) is 2.92. The fourth-order valence-corrected chi connectivity index (χ4v) is 3.41. The molecule has 6 heteroatoms. The molecule has 1 fully saturated rings. The number of hydrogen-bond donors (Lipinski definition) is 1. The van der Waals surface area contributed by atoms with Gasteiger partial charge in [-0.1, -0.05) is 18.2 Å². The smallest absolute Gasteiger partial charge is 0.264 e. The third-order valence-corrected chi connectivity index (χ3v) is 4.65. The lowest BCUT2D eigenvalue weighted by Crippen LogP contribution is -2.19. The number of hydrogen-bond acceptors (Lipinski definition) is 4. The molecule has 4 nitrogen and oxygen atoms in total. The minimum atomic E-state index is -0.420. The number of ether oxygens (including phenoxy) is 1. The first-order chi connectivity index (χ1) is 11.7. The zero-order valence-corrected chi connectivity index (χ0v) is 13.4. The van der Waals surface area contributed by atoms with E-state index >= 15 is 0 Å². The molecule has 2 aliphatic rings. The monoisotopic (exact) mass is 340 g/mol. The molecule has 0 unspecified atom stereocenters. The Morgan fingerprint density at radius 1 is 1.25 bits per heavy atom. The molecule has 120 valence electrons. The van der Waals surface area contributed by atoms with Crippen LogP contribution >= 0.6 is 11.8 Å². The molecule has 2 aromatic rings. The van der Waals surface area contributed by atoms with Crippen LogP contribution in [0.5, 0.6) is 5.75 Å². The number of rotatable bonds is 2. The summed E-state index contributed by atoms with van der Waals surface area (Å²) in [5.74, 6) is 0.255. The number of nitrogens with zero attached hydrogens (tertiary/aromatic N) is 1. The molecule has 24 heavy (non-hydrogen) atoms. The molecule has 0 atom stereocenters. The average Bonchev–Trinajstić information content (AvgIpc) is 3.16. The minimum absolute atomic E-state index is 0.205. The van der Waals surface area contributed by atoms with Crippen molar-refractivity contribution in [2.45, 2.75) is 6.42 Å². The lowest BCUT2D eigenvalue weighted by atomic mass is 10.1. The molecule has 1 saturated heterocycles. The highest BCUT2D eigenvalue weighted by molar-refractivity contribution is 8.18. The molecule has 1 N–H and O–H groups in total. The number of benzene rings is 2. The van der Waals surface area contributed by atoms with E-state index in [4.69, 9.17) is 4.74 Å². The highest BCUT2D eigenvalue weighted by atomic mass is 32.2. The van der Waals surface area contributed by atoms with Gasteiger partial charge in [-0.15, -0.1) is 0 Å². The average molecular weight is 340 g/mol. The maximum Gasteiger partial charge on any atom is 0.264 e. The number of halogens is 1. The molecule has 4 rings (SSSR count).